The zero-order valence-corrected chi connectivity index (χ0v) is 13.1. The standard InChI is InChI=1S/C15H28N2O2/c1-7-12-13(18)16-15(6,8-2)14(19)17(12)9-11(5)10(3)4/h10-12H,7-9H2,1-6H3,(H,16,18). The zero-order chi connectivity index (χ0) is 14.8. The fraction of sp³-hybridized carbons (Fsp3) is 0.867. The second kappa shape index (κ2) is 5.93. The van der Waals surface area contributed by atoms with Crippen molar-refractivity contribution in [3.8, 4) is 0 Å². The summed E-state index contributed by atoms with van der Waals surface area (Å²) >= 11 is 0. The van der Waals surface area contributed by atoms with Crippen LogP contribution in [0.2, 0.25) is 0 Å². The lowest BCUT2D eigenvalue weighted by Crippen LogP contribution is -2.69. The highest BCUT2D eigenvalue weighted by molar-refractivity contribution is 5.99. The Balaban J connectivity index is 3.00. The first-order valence-corrected chi connectivity index (χ1v) is 7.39. The third kappa shape index (κ3) is 3.10. The third-order valence-corrected chi connectivity index (χ3v) is 4.53. The summed E-state index contributed by atoms with van der Waals surface area (Å²) in [4.78, 5) is 26.7. The molecular formula is C15H28N2O2. The summed E-state index contributed by atoms with van der Waals surface area (Å²) < 4.78 is 0. The molecule has 4 nitrogen and oxygen atoms in total. The fourth-order valence-electron chi connectivity index (χ4n) is 2.39. The van der Waals surface area contributed by atoms with Crippen molar-refractivity contribution in [1.29, 1.82) is 0 Å². The Kier molecular flexibility index (Phi) is 4.99. The van der Waals surface area contributed by atoms with Gasteiger partial charge >= 0.3 is 0 Å². The lowest BCUT2D eigenvalue weighted by atomic mass is 9.89. The summed E-state index contributed by atoms with van der Waals surface area (Å²) in [6.45, 7) is 12.8. The van der Waals surface area contributed by atoms with Crippen LogP contribution in [0.25, 0.3) is 0 Å². The summed E-state index contributed by atoms with van der Waals surface area (Å²) in [5, 5.41) is 2.90. The Morgan fingerprint density at radius 3 is 2.26 bits per heavy atom. The Morgan fingerprint density at radius 2 is 1.84 bits per heavy atom. The molecule has 0 radical (unpaired) electrons. The normalized spacial score (nSPS) is 29.6. The fourth-order valence-corrected chi connectivity index (χ4v) is 2.39. The van der Waals surface area contributed by atoms with Crippen LogP contribution in [0.3, 0.4) is 0 Å². The number of piperazine rings is 1. The van der Waals surface area contributed by atoms with E-state index in [1.165, 1.54) is 0 Å². The van der Waals surface area contributed by atoms with Gasteiger partial charge in [0.25, 0.3) is 0 Å². The lowest BCUT2D eigenvalue weighted by molar-refractivity contribution is -0.155. The van der Waals surface area contributed by atoms with Gasteiger partial charge in [0.2, 0.25) is 11.8 Å². The van der Waals surface area contributed by atoms with E-state index in [4.69, 9.17) is 0 Å². The van der Waals surface area contributed by atoms with Crippen molar-refractivity contribution < 1.29 is 9.59 Å². The van der Waals surface area contributed by atoms with Crippen LogP contribution < -0.4 is 5.32 Å². The molecule has 1 fully saturated rings. The van der Waals surface area contributed by atoms with Crippen molar-refractivity contribution >= 4 is 11.8 Å². The quantitative estimate of drug-likeness (QED) is 0.831. The minimum absolute atomic E-state index is 0.0117. The molecule has 0 aromatic heterocycles. The van der Waals surface area contributed by atoms with Gasteiger partial charge in [0, 0.05) is 6.54 Å². The van der Waals surface area contributed by atoms with Crippen molar-refractivity contribution in [1.82, 2.24) is 10.2 Å². The molecule has 0 aromatic carbocycles. The van der Waals surface area contributed by atoms with E-state index in [2.05, 4.69) is 26.1 Å². The first-order valence-electron chi connectivity index (χ1n) is 7.39. The van der Waals surface area contributed by atoms with Gasteiger partial charge in [-0.15, -0.1) is 0 Å². The molecule has 110 valence electrons. The number of carbonyl (C=O) groups excluding carboxylic acids is 2. The lowest BCUT2D eigenvalue weighted by Gasteiger charge is -2.45. The number of nitrogens with zero attached hydrogens (tertiary/aromatic N) is 1. The molecule has 4 heteroatoms. The molecule has 2 amide bonds. The number of hydrogen-bond donors (Lipinski definition) is 1. The van der Waals surface area contributed by atoms with E-state index in [1.54, 1.807) is 4.90 Å². The number of hydrogen-bond acceptors (Lipinski definition) is 2. The molecule has 3 atom stereocenters. The van der Waals surface area contributed by atoms with Crippen LogP contribution in [0, 0.1) is 11.8 Å². The number of nitrogens with one attached hydrogen (secondary N) is 1. The van der Waals surface area contributed by atoms with Crippen molar-refractivity contribution in [3.63, 3.8) is 0 Å². The molecule has 1 rings (SSSR count). The van der Waals surface area contributed by atoms with Gasteiger partial charge in [0.1, 0.15) is 11.6 Å². The Bertz CT molecular complexity index is 354. The number of rotatable bonds is 5. The average molecular weight is 268 g/mol. The average Bonchev–Trinajstić information content (AvgIpc) is 2.35. The molecule has 3 unspecified atom stereocenters. The maximum atomic E-state index is 12.7. The van der Waals surface area contributed by atoms with Crippen LogP contribution in [0.5, 0.6) is 0 Å². The molecular weight excluding hydrogens is 240 g/mol. The SMILES string of the molecule is CCC1C(=O)NC(C)(CC)C(=O)N1CC(C)C(C)C. The van der Waals surface area contributed by atoms with Gasteiger partial charge < -0.3 is 10.2 Å². The highest BCUT2D eigenvalue weighted by Crippen LogP contribution is 2.25. The van der Waals surface area contributed by atoms with E-state index in [-0.39, 0.29) is 17.9 Å². The second-order valence-corrected chi connectivity index (χ2v) is 6.28. The van der Waals surface area contributed by atoms with Crippen LogP contribution >= 0.6 is 0 Å². The smallest absolute Gasteiger partial charge is 0.248 e. The molecule has 0 aromatic rings. The van der Waals surface area contributed by atoms with Gasteiger partial charge in [-0.1, -0.05) is 34.6 Å². The number of amides is 2. The van der Waals surface area contributed by atoms with Crippen molar-refractivity contribution in [3.05, 3.63) is 0 Å². The Labute approximate surface area is 116 Å². The van der Waals surface area contributed by atoms with E-state index < -0.39 is 5.54 Å². The molecule has 0 spiro atoms. The minimum atomic E-state index is -0.737. The van der Waals surface area contributed by atoms with E-state index in [0.29, 0.717) is 31.2 Å². The van der Waals surface area contributed by atoms with Crippen molar-refractivity contribution in [2.75, 3.05) is 6.54 Å². The van der Waals surface area contributed by atoms with Crippen molar-refractivity contribution in [2.24, 2.45) is 11.8 Å². The molecule has 1 aliphatic rings. The van der Waals surface area contributed by atoms with Gasteiger partial charge in [-0.25, -0.2) is 0 Å². The van der Waals surface area contributed by atoms with Crippen LogP contribution in [-0.2, 0) is 9.59 Å². The third-order valence-electron chi connectivity index (χ3n) is 4.53. The summed E-state index contributed by atoms with van der Waals surface area (Å²) in [6.07, 6.45) is 1.29. The second-order valence-electron chi connectivity index (χ2n) is 6.28. The Hall–Kier alpha value is -1.06. The maximum Gasteiger partial charge on any atom is 0.248 e. The summed E-state index contributed by atoms with van der Waals surface area (Å²) in [6, 6.07) is -0.312. The topological polar surface area (TPSA) is 49.4 Å². The molecule has 0 bridgehead atoms. The maximum absolute atomic E-state index is 12.7. The minimum Gasteiger partial charge on any atom is -0.340 e. The Morgan fingerprint density at radius 1 is 1.26 bits per heavy atom. The molecule has 1 heterocycles. The predicted molar refractivity (Wildman–Crippen MR) is 76.6 cm³/mol. The van der Waals surface area contributed by atoms with Gasteiger partial charge in [-0.3, -0.25) is 9.59 Å². The van der Waals surface area contributed by atoms with Crippen LogP contribution in [-0.4, -0.2) is 34.8 Å². The first-order chi connectivity index (χ1) is 8.76. The van der Waals surface area contributed by atoms with Gasteiger partial charge in [-0.05, 0) is 31.6 Å². The largest absolute Gasteiger partial charge is 0.340 e. The monoisotopic (exact) mass is 268 g/mol. The summed E-state index contributed by atoms with van der Waals surface area (Å²) in [7, 11) is 0. The van der Waals surface area contributed by atoms with Crippen LogP contribution in [0.1, 0.15) is 54.4 Å². The van der Waals surface area contributed by atoms with Gasteiger partial charge in [-0.2, -0.15) is 0 Å². The van der Waals surface area contributed by atoms with E-state index in [1.807, 2.05) is 20.8 Å². The molecule has 1 N–H and O–H groups in total. The highest BCUT2D eigenvalue weighted by atomic mass is 16.2. The van der Waals surface area contributed by atoms with E-state index in [0.717, 1.165) is 0 Å². The summed E-state index contributed by atoms with van der Waals surface area (Å²) in [5.74, 6) is 0.949. The first kappa shape index (κ1) is 16.0. The zero-order valence-electron chi connectivity index (χ0n) is 13.1. The van der Waals surface area contributed by atoms with E-state index in [9.17, 15) is 9.59 Å². The van der Waals surface area contributed by atoms with Crippen molar-refractivity contribution in [2.45, 2.75) is 66.0 Å². The molecule has 1 aliphatic heterocycles. The molecule has 0 saturated carbocycles. The van der Waals surface area contributed by atoms with E-state index >= 15 is 0 Å². The van der Waals surface area contributed by atoms with Crippen LogP contribution in [0.4, 0.5) is 0 Å². The predicted octanol–water partition coefficient (Wildman–Crippen LogP) is 2.18. The highest BCUT2D eigenvalue weighted by Gasteiger charge is 2.46. The molecule has 1 saturated heterocycles. The molecule has 0 aliphatic carbocycles. The number of carbonyl (C=O) groups is 2. The van der Waals surface area contributed by atoms with Crippen LogP contribution in [0.15, 0.2) is 0 Å². The van der Waals surface area contributed by atoms with Gasteiger partial charge in [0.15, 0.2) is 0 Å². The molecule has 19 heavy (non-hydrogen) atoms. The summed E-state index contributed by atoms with van der Waals surface area (Å²) in [5.41, 5.74) is -0.737. The van der Waals surface area contributed by atoms with Gasteiger partial charge in [0.05, 0.1) is 0 Å².